The minimum absolute atomic E-state index is 0.0383. The quantitative estimate of drug-likeness (QED) is 0.523. The molecule has 0 bridgehead atoms. The Bertz CT molecular complexity index is 1100. The van der Waals surface area contributed by atoms with E-state index in [1.165, 1.54) is 18.2 Å². The van der Waals surface area contributed by atoms with Gasteiger partial charge >= 0.3 is 5.97 Å². The first-order chi connectivity index (χ1) is 13.5. The fourth-order valence-corrected chi connectivity index (χ4v) is 2.73. The van der Waals surface area contributed by atoms with Gasteiger partial charge in [-0.1, -0.05) is 12.1 Å². The predicted molar refractivity (Wildman–Crippen MR) is 106 cm³/mol. The summed E-state index contributed by atoms with van der Waals surface area (Å²) in [5, 5.41) is 21.2. The van der Waals surface area contributed by atoms with Crippen LogP contribution in [0.2, 0.25) is 0 Å². The second kappa shape index (κ2) is 8.06. The maximum absolute atomic E-state index is 12.5. The van der Waals surface area contributed by atoms with Gasteiger partial charge in [-0.05, 0) is 67.1 Å². The minimum atomic E-state index is -1.00. The Morgan fingerprint density at radius 3 is 2.50 bits per heavy atom. The number of rotatable bonds is 5. The largest absolute Gasteiger partial charge is 0.478 e. The van der Waals surface area contributed by atoms with Gasteiger partial charge in [0.15, 0.2) is 0 Å². The van der Waals surface area contributed by atoms with Crippen molar-refractivity contribution in [3.63, 3.8) is 0 Å². The van der Waals surface area contributed by atoms with Gasteiger partial charge < -0.3 is 15.0 Å². The van der Waals surface area contributed by atoms with E-state index in [0.717, 1.165) is 11.3 Å². The number of aromatic nitrogens is 1. The van der Waals surface area contributed by atoms with Crippen LogP contribution in [0, 0.1) is 18.3 Å². The number of nitriles is 1. The van der Waals surface area contributed by atoms with Gasteiger partial charge in [0, 0.05) is 23.3 Å². The lowest BCUT2D eigenvalue weighted by atomic mass is 10.2. The number of nitrogens with one attached hydrogen (secondary N) is 1. The normalized spacial score (nSPS) is 10.9. The number of carboxylic acids is 1. The Morgan fingerprint density at radius 1 is 1.11 bits per heavy atom. The highest BCUT2D eigenvalue weighted by molar-refractivity contribution is 6.09. The zero-order valence-electron chi connectivity index (χ0n) is 15.1. The van der Waals surface area contributed by atoms with Crippen LogP contribution in [0.5, 0.6) is 0 Å². The Kier molecular flexibility index (Phi) is 5.38. The van der Waals surface area contributed by atoms with Crippen LogP contribution < -0.4 is 5.32 Å². The van der Waals surface area contributed by atoms with Gasteiger partial charge in [0.2, 0.25) is 0 Å². The van der Waals surface area contributed by atoms with E-state index < -0.39 is 11.9 Å². The van der Waals surface area contributed by atoms with E-state index in [1.807, 2.05) is 31.2 Å². The third kappa shape index (κ3) is 4.17. The number of carboxylic acid groups (broad SMARTS) is 1. The summed E-state index contributed by atoms with van der Waals surface area (Å²) in [5.41, 5.74) is 3.10. The van der Waals surface area contributed by atoms with Gasteiger partial charge in [-0.2, -0.15) is 5.26 Å². The Labute approximate surface area is 162 Å². The van der Waals surface area contributed by atoms with Gasteiger partial charge in [0.05, 0.1) is 5.56 Å². The molecule has 138 valence electrons. The van der Waals surface area contributed by atoms with Gasteiger partial charge in [0.1, 0.15) is 11.6 Å². The van der Waals surface area contributed by atoms with Crippen LogP contribution in [0.15, 0.2) is 72.4 Å². The van der Waals surface area contributed by atoms with Crippen molar-refractivity contribution in [2.24, 2.45) is 0 Å². The van der Waals surface area contributed by atoms with Crippen molar-refractivity contribution >= 4 is 23.6 Å². The van der Waals surface area contributed by atoms with Crippen molar-refractivity contribution < 1.29 is 14.7 Å². The maximum Gasteiger partial charge on any atom is 0.335 e. The van der Waals surface area contributed by atoms with E-state index in [9.17, 15) is 14.9 Å². The van der Waals surface area contributed by atoms with E-state index >= 15 is 0 Å². The van der Waals surface area contributed by atoms with Crippen LogP contribution >= 0.6 is 0 Å². The van der Waals surface area contributed by atoms with Gasteiger partial charge in [-0.15, -0.1) is 0 Å². The molecule has 3 rings (SSSR count). The van der Waals surface area contributed by atoms with Crippen molar-refractivity contribution in [2.45, 2.75) is 6.92 Å². The summed E-state index contributed by atoms with van der Waals surface area (Å²) in [6.07, 6.45) is 3.27. The molecule has 0 spiro atoms. The molecule has 0 aliphatic heterocycles. The molecular weight excluding hydrogens is 354 g/mol. The van der Waals surface area contributed by atoms with Crippen LogP contribution in [-0.2, 0) is 4.79 Å². The van der Waals surface area contributed by atoms with E-state index in [1.54, 1.807) is 41.1 Å². The number of hydrogen-bond acceptors (Lipinski definition) is 3. The lowest BCUT2D eigenvalue weighted by molar-refractivity contribution is -0.112. The molecule has 0 fully saturated rings. The summed E-state index contributed by atoms with van der Waals surface area (Å²) in [5.74, 6) is -1.50. The predicted octanol–water partition coefficient (Wildman–Crippen LogP) is 4.03. The molecule has 28 heavy (non-hydrogen) atoms. The monoisotopic (exact) mass is 371 g/mol. The molecule has 3 aromatic rings. The number of nitrogens with zero attached hydrogens (tertiary/aromatic N) is 2. The Balaban J connectivity index is 1.87. The molecular formula is C22H17N3O3. The Hall–Kier alpha value is -4.11. The summed E-state index contributed by atoms with van der Waals surface area (Å²) >= 11 is 0. The third-order valence-corrected chi connectivity index (χ3v) is 4.11. The van der Waals surface area contributed by atoms with Gasteiger partial charge in [-0.3, -0.25) is 4.79 Å². The van der Waals surface area contributed by atoms with E-state index in [0.29, 0.717) is 11.4 Å². The number of benzene rings is 2. The number of amides is 1. The highest BCUT2D eigenvalue weighted by atomic mass is 16.4. The first-order valence-corrected chi connectivity index (χ1v) is 8.49. The first kappa shape index (κ1) is 18.7. The van der Waals surface area contributed by atoms with Crippen LogP contribution in [0.3, 0.4) is 0 Å². The van der Waals surface area contributed by atoms with Gasteiger partial charge in [0.25, 0.3) is 5.91 Å². The zero-order chi connectivity index (χ0) is 20.1. The average molecular weight is 371 g/mol. The number of anilines is 1. The van der Waals surface area contributed by atoms with Crippen LogP contribution in [0.4, 0.5) is 5.69 Å². The lowest BCUT2D eigenvalue weighted by Crippen LogP contribution is -2.13. The second-order valence-corrected chi connectivity index (χ2v) is 6.15. The summed E-state index contributed by atoms with van der Waals surface area (Å²) < 4.78 is 1.77. The molecule has 0 saturated carbocycles. The standard InChI is InChI=1S/C22H17N3O3/c1-15-4-2-5-18(12-15)24-21(26)17(14-23)13-20-6-3-11-25(20)19-9-7-16(8-10-19)22(27)28/h2-13H,1H3,(H,24,26)(H,27,28)/b17-13-. The molecule has 1 aromatic heterocycles. The van der Waals surface area contributed by atoms with Crippen molar-refractivity contribution in [1.82, 2.24) is 4.57 Å². The molecule has 6 nitrogen and oxygen atoms in total. The molecule has 6 heteroatoms. The molecule has 0 radical (unpaired) electrons. The molecule has 0 unspecified atom stereocenters. The Morgan fingerprint density at radius 2 is 1.86 bits per heavy atom. The maximum atomic E-state index is 12.5. The summed E-state index contributed by atoms with van der Waals surface area (Å²) in [6, 6.07) is 19.1. The first-order valence-electron chi connectivity index (χ1n) is 8.49. The third-order valence-electron chi connectivity index (χ3n) is 4.11. The molecule has 0 aliphatic carbocycles. The molecule has 2 N–H and O–H groups in total. The van der Waals surface area contributed by atoms with Crippen molar-refractivity contribution in [3.8, 4) is 11.8 Å². The summed E-state index contributed by atoms with van der Waals surface area (Å²) in [4.78, 5) is 23.5. The van der Waals surface area contributed by atoms with Crippen LogP contribution in [-0.4, -0.2) is 21.6 Å². The summed E-state index contributed by atoms with van der Waals surface area (Å²) in [6.45, 7) is 1.92. The molecule has 1 amide bonds. The highest BCUT2D eigenvalue weighted by Gasteiger charge is 2.12. The van der Waals surface area contributed by atoms with Gasteiger partial charge in [-0.25, -0.2) is 4.79 Å². The van der Waals surface area contributed by atoms with Crippen molar-refractivity contribution in [3.05, 3.63) is 89.3 Å². The van der Waals surface area contributed by atoms with Crippen molar-refractivity contribution in [2.75, 3.05) is 5.32 Å². The molecule has 0 atom stereocenters. The smallest absolute Gasteiger partial charge is 0.335 e. The highest BCUT2D eigenvalue weighted by Crippen LogP contribution is 2.18. The number of hydrogen-bond donors (Lipinski definition) is 2. The molecule has 0 aliphatic rings. The van der Waals surface area contributed by atoms with Crippen LogP contribution in [0.1, 0.15) is 21.6 Å². The minimum Gasteiger partial charge on any atom is -0.478 e. The van der Waals surface area contributed by atoms with E-state index in [-0.39, 0.29) is 11.1 Å². The fraction of sp³-hybridized carbons (Fsp3) is 0.0455. The number of aromatic carboxylic acids is 1. The molecule has 2 aromatic carbocycles. The van der Waals surface area contributed by atoms with E-state index in [2.05, 4.69) is 5.32 Å². The van der Waals surface area contributed by atoms with Crippen LogP contribution in [0.25, 0.3) is 11.8 Å². The lowest BCUT2D eigenvalue weighted by Gasteiger charge is -2.08. The van der Waals surface area contributed by atoms with E-state index in [4.69, 9.17) is 5.11 Å². The SMILES string of the molecule is Cc1cccc(NC(=O)/C(C#N)=C\c2cccn2-c2ccc(C(=O)O)cc2)c1. The fourth-order valence-electron chi connectivity index (χ4n) is 2.73. The number of carbonyl (C=O) groups is 2. The summed E-state index contributed by atoms with van der Waals surface area (Å²) in [7, 11) is 0. The molecule has 1 heterocycles. The number of aryl methyl sites for hydroxylation is 1. The molecule has 0 saturated heterocycles. The van der Waals surface area contributed by atoms with Crippen molar-refractivity contribution in [1.29, 1.82) is 5.26 Å². The zero-order valence-corrected chi connectivity index (χ0v) is 15.1. The topological polar surface area (TPSA) is 95.1 Å². The average Bonchev–Trinajstić information content (AvgIpc) is 3.14. The number of carbonyl (C=O) groups excluding carboxylic acids is 1. The second-order valence-electron chi connectivity index (χ2n) is 6.15.